The van der Waals surface area contributed by atoms with Crippen LogP contribution in [0.15, 0.2) is 60.0 Å². The van der Waals surface area contributed by atoms with Gasteiger partial charge in [0.1, 0.15) is 5.82 Å². The minimum absolute atomic E-state index is 0.00760. The Kier molecular flexibility index (Phi) is 8.94. The number of anilines is 1. The van der Waals surface area contributed by atoms with Gasteiger partial charge in [-0.25, -0.2) is 14.3 Å². The lowest BCUT2D eigenvalue weighted by atomic mass is 10.0. The molecular formula is C33H36ClN7O3. The predicted octanol–water partition coefficient (Wildman–Crippen LogP) is 4.72. The number of aromatic nitrogens is 4. The Bertz CT molecular complexity index is 1820. The zero-order valence-electron chi connectivity index (χ0n) is 25.6. The van der Waals surface area contributed by atoms with Crippen molar-refractivity contribution in [3.8, 4) is 16.9 Å². The van der Waals surface area contributed by atoms with Gasteiger partial charge in [-0.05, 0) is 50.7 Å². The molecule has 0 saturated carbocycles. The normalized spacial score (nSPS) is 15.3. The number of piperazine rings is 1. The average Bonchev–Trinajstić information content (AvgIpc) is 3.00. The lowest BCUT2D eigenvalue weighted by molar-refractivity contribution is -0.126. The Morgan fingerprint density at radius 3 is 2.59 bits per heavy atom. The van der Waals surface area contributed by atoms with E-state index in [1.165, 1.54) is 10.6 Å². The van der Waals surface area contributed by atoms with Crippen LogP contribution in [0.3, 0.4) is 0 Å². The fraction of sp³-hybridized carbons (Fsp3) is 0.333. The molecule has 1 aliphatic heterocycles. The number of aldehydes is 1. The van der Waals surface area contributed by atoms with Crippen molar-refractivity contribution < 1.29 is 9.59 Å². The van der Waals surface area contributed by atoms with Gasteiger partial charge in [-0.15, -0.1) is 0 Å². The molecule has 1 aromatic carbocycles. The van der Waals surface area contributed by atoms with Gasteiger partial charge < -0.3 is 14.7 Å². The SMILES string of the molecule is C=CC(=O)N1CCN(c2nc(=O)n(-c3c(CN(C)C)ccnc3C(C)C)c3nc(-c4ccccc4C=O)c(Cl)cc23)[C@@H](C)C1. The van der Waals surface area contributed by atoms with Gasteiger partial charge in [-0.1, -0.05) is 56.3 Å². The first kappa shape index (κ1) is 31.0. The van der Waals surface area contributed by atoms with E-state index >= 15 is 0 Å². The van der Waals surface area contributed by atoms with Crippen molar-refractivity contribution in [1.82, 2.24) is 29.3 Å². The number of hydrogen-bond donors (Lipinski definition) is 0. The summed E-state index contributed by atoms with van der Waals surface area (Å²) in [6.07, 6.45) is 3.83. The second kappa shape index (κ2) is 12.7. The number of carbonyl (C=O) groups excluding carboxylic acids is 2. The van der Waals surface area contributed by atoms with E-state index in [0.717, 1.165) is 17.5 Å². The smallest absolute Gasteiger partial charge is 0.350 e. The molecule has 0 unspecified atom stereocenters. The van der Waals surface area contributed by atoms with Gasteiger partial charge in [-0.2, -0.15) is 4.98 Å². The molecule has 1 saturated heterocycles. The van der Waals surface area contributed by atoms with Crippen LogP contribution in [0.5, 0.6) is 0 Å². The van der Waals surface area contributed by atoms with Crippen LogP contribution in [0.4, 0.5) is 5.82 Å². The van der Waals surface area contributed by atoms with Gasteiger partial charge in [0.25, 0.3) is 0 Å². The second-order valence-corrected chi connectivity index (χ2v) is 12.0. The van der Waals surface area contributed by atoms with E-state index < -0.39 is 5.69 Å². The predicted molar refractivity (Wildman–Crippen MR) is 174 cm³/mol. The van der Waals surface area contributed by atoms with Crippen molar-refractivity contribution >= 4 is 40.6 Å². The molecule has 0 bridgehead atoms. The fourth-order valence-electron chi connectivity index (χ4n) is 5.79. The quantitative estimate of drug-likeness (QED) is 0.208. The van der Waals surface area contributed by atoms with Crippen LogP contribution < -0.4 is 10.6 Å². The molecule has 1 atom stereocenters. The van der Waals surface area contributed by atoms with Crippen LogP contribution in [0.1, 0.15) is 48.3 Å². The highest BCUT2D eigenvalue weighted by atomic mass is 35.5. The van der Waals surface area contributed by atoms with Gasteiger partial charge in [-0.3, -0.25) is 14.6 Å². The fourth-order valence-corrected chi connectivity index (χ4v) is 6.05. The summed E-state index contributed by atoms with van der Waals surface area (Å²) < 4.78 is 1.53. The summed E-state index contributed by atoms with van der Waals surface area (Å²) in [5, 5.41) is 0.892. The molecule has 0 N–H and O–H groups in total. The molecule has 1 amide bonds. The Balaban J connectivity index is 1.85. The third kappa shape index (κ3) is 5.75. The van der Waals surface area contributed by atoms with Crippen molar-refractivity contribution in [2.24, 2.45) is 0 Å². The maximum absolute atomic E-state index is 14.3. The summed E-state index contributed by atoms with van der Waals surface area (Å²) in [5.74, 6) is 0.291. The second-order valence-electron chi connectivity index (χ2n) is 11.6. The molecule has 228 valence electrons. The molecule has 5 rings (SSSR count). The van der Waals surface area contributed by atoms with Crippen molar-refractivity contribution in [2.75, 3.05) is 38.6 Å². The Morgan fingerprint density at radius 1 is 1.18 bits per heavy atom. The number of benzene rings is 1. The maximum atomic E-state index is 14.3. The number of nitrogens with zero attached hydrogens (tertiary/aromatic N) is 7. The van der Waals surface area contributed by atoms with Crippen LogP contribution >= 0.6 is 11.6 Å². The van der Waals surface area contributed by atoms with Gasteiger partial charge >= 0.3 is 5.69 Å². The number of halogens is 1. The lowest BCUT2D eigenvalue weighted by Crippen LogP contribution is -2.54. The summed E-state index contributed by atoms with van der Waals surface area (Å²) in [7, 11) is 3.93. The van der Waals surface area contributed by atoms with Crippen molar-refractivity contribution in [2.45, 2.75) is 39.3 Å². The summed E-state index contributed by atoms with van der Waals surface area (Å²) >= 11 is 6.92. The Labute approximate surface area is 261 Å². The summed E-state index contributed by atoms with van der Waals surface area (Å²) in [6, 6.07) is 10.6. The largest absolute Gasteiger partial charge is 0.355 e. The molecule has 1 aliphatic rings. The van der Waals surface area contributed by atoms with E-state index in [1.807, 2.05) is 56.8 Å². The van der Waals surface area contributed by atoms with E-state index in [4.69, 9.17) is 21.6 Å². The van der Waals surface area contributed by atoms with E-state index in [0.29, 0.717) is 70.6 Å². The third-order valence-electron chi connectivity index (χ3n) is 7.82. The highest BCUT2D eigenvalue weighted by molar-refractivity contribution is 6.34. The first-order chi connectivity index (χ1) is 21.0. The number of pyridine rings is 2. The van der Waals surface area contributed by atoms with Crippen molar-refractivity contribution in [3.05, 3.63) is 87.6 Å². The Hall–Kier alpha value is -4.41. The van der Waals surface area contributed by atoms with Crippen LogP contribution in [0.25, 0.3) is 28.0 Å². The van der Waals surface area contributed by atoms with Crippen LogP contribution in [0.2, 0.25) is 5.02 Å². The minimum atomic E-state index is -0.511. The topological polar surface area (TPSA) is 105 Å². The maximum Gasteiger partial charge on any atom is 0.355 e. The molecule has 44 heavy (non-hydrogen) atoms. The average molecular weight is 614 g/mol. The minimum Gasteiger partial charge on any atom is -0.350 e. The van der Waals surface area contributed by atoms with Gasteiger partial charge in [0.05, 0.1) is 27.5 Å². The van der Waals surface area contributed by atoms with E-state index in [1.54, 1.807) is 35.4 Å². The highest BCUT2D eigenvalue weighted by Gasteiger charge is 2.30. The van der Waals surface area contributed by atoms with E-state index in [2.05, 4.69) is 11.6 Å². The summed E-state index contributed by atoms with van der Waals surface area (Å²) in [5.41, 5.74) is 3.46. The first-order valence-corrected chi connectivity index (χ1v) is 14.9. The summed E-state index contributed by atoms with van der Waals surface area (Å²) in [4.78, 5) is 58.8. The van der Waals surface area contributed by atoms with Gasteiger partial charge in [0.2, 0.25) is 5.91 Å². The van der Waals surface area contributed by atoms with Crippen molar-refractivity contribution in [3.63, 3.8) is 0 Å². The van der Waals surface area contributed by atoms with Crippen LogP contribution in [-0.4, -0.2) is 81.3 Å². The zero-order chi connectivity index (χ0) is 31.7. The monoisotopic (exact) mass is 613 g/mol. The number of rotatable bonds is 8. The molecule has 10 nitrogen and oxygen atoms in total. The van der Waals surface area contributed by atoms with Gasteiger partial charge in [0, 0.05) is 49.5 Å². The number of amides is 1. The zero-order valence-corrected chi connectivity index (χ0v) is 26.4. The molecule has 4 aromatic rings. The number of hydrogen-bond acceptors (Lipinski definition) is 8. The Morgan fingerprint density at radius 2 is 1.93 bits per heavy atom. The first-order valence-electron chi connectivity index (χ1n) is 14.5. The third-order valence-corrected chi connectivity index (χ3v) is 8.11. The number of carbonyl (C=O) groups is 2. The van der Waals surface area contributed by atoms with E-state index in [-0.39, 0.29) is 17.9 Å². The summed E-state index contributed by atoms with van der Waals surface area (Å²) in [6.45, 7) is 11.6. The highest BCUT2D eigenvalue weighted by Crippen LogP contribution is 2.36. The molecular weight excluding hydrogens is 578 g/mol. The molecule has 0 aliphatic carbocycles. The van der Waals surface area contributed by atoms with E-state index in [9.17, 15) is 14.4 Å². The number of fused-ring (bicyclic) bond motifs is 1. The van der Waals surface area contributed by atoms with Crippen LogP contribution in [0, 0.1) is 0 Å². The van der Waals surface area contributed by atoms with Gasteiger partial charge in [0.15, 0.2) is 11.9 Å². The standard InChI is InChI=1S/C33H36ClN7O3/c1-7-27(43)39-14-15-40(21(4)17-39)31-25-16-26(34)29(24-11-9-8-10-23(24)19-42)36-32(25)41(33(44)37-31)30-22(18-38(5)6)12-13-35-28(30)20(2)3/h7-13,16,19-21H,1,14-15,17-18H2,2-6H3/t21-/m0/s1. The molecule has 0 radical (unpaired) electrons. The molecule has 1 fully saturated rings. The molecule has 0 spiro atoms. The van der Waals surface area contributed by atoms with Crippen molar-refractivity contribution in [1.29, 1.82) is 0 Å². The molecule has 11 heteroatoms. The van der Waals surface area contributed by atoms with Crippen LogP contribution in [-0.2, 0) is 11.3 Å². The molecule has 4 heterocycles. The molecule has 3 aromatic heterocycles. The lowest BCUT2D eigenvalue weighted by Gasteiger charge is -2.40.